The Balaban J connectivity index is 0.000000136. The standard InChI is InChI=1S/C10H8.C5H12NP/c1-2-6-10-8-4-3-7-9(10)5-1;1-7-4-5(6)2-3-5/h1-8H;7H,2-4,6H2,1H3. The van der Waals surface area contributed by atoms with Gasteiger partial charge in [0.25, 0.3) is 0 Å². The summed E-state index contributed by atoms with van der Waals surface area (Å²) < 4.78 is 0. The normalized spacial score (nSPS) is 16.8. The van der Waals surface area contributed by atoms with Crippen molar-refractivity contribution in [3.8, 4) is 0 Å². The summed E-state index contributed by atoms with van der Waals surface area (Å²) in [5, 5.41) is 2.62. The van der Waals surface area contributed by atoms with Crippen molar-refractivity contribution >= 4 is 19.4 Å². The van der Waals surface area contributed by atoms with E-state index in [0.717, 1.165) is 8.58 Å². The van der Waals surface area contributed by atoms with Gasteiger partial charge in [0.1, 0.15) is 0 Å². The fourth-order valence-corrected chi connectivity index (χ4v) is 2.88. The average Bonchev–Trinajstić information content (AvgIpc) is 3.08. The van der Waals surface area contributed by atoms with Crippen LogP contribution in [-0.2, 0) is 0 Å². The maximum atomic E-state index is 5.76. The lowest BCUT2D eigenvalue weighted by atomic mass is 10.1. The molecule has 0 radical (unpaired) electrons. The van der Waals surface area contributed by atoms with Crippen molar-refractivity contribution in [3.05, 3.63) is 48.5 Å². The number of rotatable bonds is 2. The van der Waals surface area contributed by atoms with Crippen molar-refractivity contribution in [1.82, 2.24) is 0 Å². The molecule has 1 atom stereocenters. The molecule has 2 heteroatoms. The first kappa shape index (κ1) is 12.5. The lowest BCUT2D eigenvalue weighted by molar-refractivity contribution is 0.774. The zero-order chi connectivity index (χ0) is 12.1. The summed E-state index contributed by atoms with van der Waals surface area (Å²) in [5.41, 5.74) is 6.08. The molecule has 90 valence electrons. The molecule has 0 aromatic heterocycles. The highest BCUT2D eigenvalue weighted by Gasteiger charge is 2.36. The van der Waals surface area contributed by atoms with E-state index in [9.17, 15) is 0 Å². The van der Waals surface area contributed by atoms with Gasteiger partial charge in [-0.25, -0.2) is 0 Å². The smallest absolute Gasteiger partial charge is 0.0192 e. The van der Waals surface area contributed by atoms with Crippen molar-refractivity contribution in [2.45, 2.75) is 18.4 Å². The summed E-state index contributed by atoms with van der Waals surface area (Å²) in [7, 11) is 1.05. The predicted molar refractivity (Wildman–Crippen MR) is 79.2 cm³/mol. The lowest BCUT2D eigenvalue weighted by Gasteiger charge is -2.02. The van der Waals surface area contributed by atoms with Gasteiger partial charge >= 0.3 is 0 Å². The Morgan fingerprint density at radius 2 is 1.41 bits per heavy atom. The minimum Gasteiger partial charge on any atom is -0.325 e. The summed E-state index contributed by atoms with van der Waals surface area (Å²) in [4.78, 5) is 0. The van der Waals surface area contributed by atoms with E-state index in [-0.39, 0.29) is 0 Å². The largest absolute Gasteiger partial charge is 0.325 e. The second-order valence-electron chi connectivity index (χ2n) is 4.74. The van der Waals surface area contributed by atoms with Crippen molar-refractivity contribution in [1.29, 1.82) is 0 Å². The van der Waals surface area contributed by atoms with Crippen LogP contribution in [0.3, 0.4) is 0 Å². The molecule has 1 unspecified atom stereocenters. The molecule has 0 bridgehead atoms. The minimum absolute atomic E-state index is 0.313. The molecule has 1 aliphatic carbocycles. The van der Waals surface area contributed by atoms with Crippen LogP contribution in [0, 0.1) is 0 Å². The zero-order valence-electron chi connectivity index (χ0n) is 10.3. The Hall–Kier alpha value is -0.910. The quantitative estimate of drug-likeness (QED) is 0.803. The zero-order valence-corrected chi connectivity index (χ0v) is 11.3. The van der Waals surface area contributed by atoms with Gasteiger partial charge < -0.3 is 5.73 Å². The molecule has 1 saturated carbocycles. The van der Waals surface area contributed by atoms with Gasteiger partial charge in [-0.3, -0.25) is 0 Å². The molecule has 0 aliphatic heterocycles. The number of benzene rings is 2. The van der Waals surface area contributed by atoms with Crippen LogP contribution < -0.4 is 5.73 Å². The first-order valence-electron chi connectivity index (χ1n) is 6.11. The average molecular weight is 245 g/mol. The van der Waals surface area contributed by atoms with Gasteiger partial charge in [0.05, 0.1) is 0 Å². The second-order valence-corrected chi connectivity index (χ2v) is 5.80. The third-order valence-corrected chi connectivity index (χ3v) is 4.14. The van der Waals surface area contributed by atoms with E-state index in [1.807, 2.05) is 0 Å². The van der Waals surface area contributed by atoms with E-state index in [0.29, 0.717) is 5.54 Å². The number of nitrogens with two attached hydrogens (primary N) is 1. The van der Waals surface area contributed by atoms with Gasteiger partial charge in [-0.1, -0.05) is 48.5 Å². The van der Waals surface area contributed by atoms with E-state index in [1.54, 1.807) is 0 Å². The molecule has 0 amide bonds. The molecule has 2 aromatic carbocycles. The molecular formula is C15H20NP. The maximum absolute atomic E-state index is 5.76. The summed E-state index contributed by atoms with van der Waals surface area (Å²) in [5.74, 6) is 0. The molecule has 0 heterocycles. The van der Waals surface area contributed by atoms with E-state index < -0.39 is 0 Å². The summed E-state index contributed by atoms with van der Waals surface area (Å²) >= 11 is 0. The van der Waals surface area contributed by atoms with Crippen molar-refractivity contribution in [2.24, 2.45) is 5.73 Å². The van der Waals surface area contributed by atoms with Gasteiger partial charge in [0.15, 0.2) is 0 Å². The van der Waals surface area contributed by atoms with Crippen LogP contribution in [0.2, 0.25) is 0 Å². The summed E-state index contributed by atoms with van der Waals surface area (Å²) in [6.07, 6.45) is 3.80. The number of fused-ring (bicyclic) bond motifs is 1. The first-order valence-corrected chi connectivity index (χ1v) is 7.81. The Labute approximate surface area is 105 Å². The molecule has 0 saturated heterocycles. The van der Waals surface area contributed by atoms with Crippen LogP contribution in [-0.4, -0.2) is 18.4 Å². The van der Waals surface area contributed by atoms with Crippen LogP contribution in [0.5, 0.6) is 0 Å². The third kappa shape index (κ3) is 3.80. The minimum atomic E-state index is 0.313. The van der Waals surface area contributed by atoms with Gasteiger partial charge in [0.2, 0.25) is 0 Å². The molecule has 3 rings (SSSR count). The predicted octanol–water partition coefficient (Wildman–Crippen LogP) is 3.63. The van der Waals surface area contributed by atoms with Gasteiger partial charge in [-0.15, -0.1) is 8.58 Å². The van der Waals surface area contributed by atoms with Crippen LogP contribution in [0.1, 0.15) is 12.8 Å². The second kappa shape index (κ2) is 5.62. The maximum Gasteiger partial charge on any atom is 0.0192 e. The molecule has 2 N–H and O–H groups in total. The van der Waals surface area contributed by atoms with E-state index in [4.69, 9.17) is 5.73 Å². The van der Waals surface area contributed by atoms with Gasteiger partial charge in [-0.2, -0.15) is 0 Å². The molecule has 17 heavy (non-hydrogen) atoms. The Morgan fingerprint density at radius 1 is 1.00 bits per heavy atom. The topological polar surface area (TPSA) is 26.0 Å². The van der Waals surface area contributed by atoms with Crippen molar-refractivity contribution < 1.29 is 0 Å². The van der Waals surface area contributed by atoms with Crippen LogP contribution in [0.25, 0.3) is 10.8 Å². The first-order chi connectivity index (χ1) is 8.23. The number of hydrogen-bond acceptors (Lipinski definition) is 1. The molecule has 1 aliphatic rings. The van der Waals surface area contributed by atoms with E-state index >= 15 is 0 Å². The monoisotopic (exact) mass is 245 g/mol. The fourth-order valence-electron chi connectivity index (χ4n) is 1.82. The molecule has 1 fully saturated rings. The number of hydrogen-bond donors (Lipinski definition) is 1. The van der Waals surface area contributed by atoms with E-state index in [2.05, 4.69) is 55.2 Å². The highest BCUT2D eigenvalue weighted by Crippen LogP contribution is 2.36. The SMILES string of the molecule is CPCC1(N)CC1.c1ccc2ccccc2c1. The Kier molecular flexibility index (Phi) is 4.15. The Morgan fingerprint density at radius 3 is 1.65 bits per heavy atom. The molecule has 1 nitrogen and oxygen atoms in total. The lowest BCUT2D eigenvalue weighted by Crippen LogP contribution is -2.23. The van der Waals surface area contributed by atoms with Crippen LogP contribution >= 0.6 is 8.58 Å². The molecule has 2 aromatic rings. The summed E-state index contributed by atoms with van der Waals surface area (Å²) in [6.45, 7) is 2.22. The Bertz CT molecular complexity index is 412. The fraction of sp³-hybridized carbons (Fsp3) is 0.333. The molecular weight excluding hydrogens is 225 g/mol. The van der Waals surface area contributed by atoms with Crippen LogP contribution in [0.4, 0.5) is 0 Å². The van der Waals surface area contributed by atoms with Crippen molar-refractivity contribution in [2.75, 3.05) is 12.8 Å². The summed E-state index contributed by atoms with van der Waals surface area (Å²) in [6, 6.07) is 16.7. The van der Waals surface area contributed by atoms with Gasteiger partial charge in [-0.05, 0) is 36.4 Å². The van der Waals surface area contributed by atoms with Crippen LogP contribution in [0.15, 0.2) is 48.5 Å². The third-order valence-electron chi connectivity index (χ3n) is 3.08. The van der Waals surface area contributed by atoms with E-state index in [1.165, 1.54) is 29.8 Å². The van der Waals surface area contributed by atoms with Gasteiger partial charge in [0, 0.05) is 5.54 Å². The molecule has 0 spiro atoms. The van der Waals surface area contributed by atoms with Crippen molar-refractivity contribution in [3.63, 3.8) is 0 Å². The highest BCUT2D eigenvalue weighted by atomic mass is 31.1. The highest BCUT2D eigenvalue weighted by molar-refractivity contribution is 7.37.